The number of hydrogen-bond acceptors (Lipinski definition) is 5. The predicted octanol–water partition coefficient (Wildman–Crippen LogP) is 0.599. The van der Waals surface area contributed by atoms with Crippen LogP contribution in [-0.4, -0.2) is 34.4 Å². The van der Waals surface area contributed by atoms with Crippen LogP contribution < -0.4 is 5.32 Å². The molecule has 0 amide bonds. The molecule has 1 rings (SSSR count). The SMILES string of the molecule is CC(NC(CO)CO)c1ccccc1[N+](=O)[O-]. The zero-order valence-corrected chi connectivity index (χ0v) is 9.54. The Morgan fingerprint density at radius 1 is 1.35 bits per heavy atom. The van der Waals surface area contributed by atoms with Gasteiger partial charge in [0.2, 0.25) is 0 Å². The number of nitro groups is 1. The zero-order chi connectivity index (χ0) is 12.8. The summed E-state index contributed by atoms with van der Waals surface area (Å²) in [5, 5.41) is 31.6. The fraction of sp³-hybridized carbons (Fsp3) is 0.455. The molecule has 1 unspecified atom stereocenters. The molecule has 1 atom stereocenters. The van der Waals surface area contributed by atoms with Gasteiger partial charge in [0.25, 0.3) is 5.69 Å². The van der Waals surface area contributed by atoms with Crippen LogP contribution >= 0.6 is 0 Å². The molecule has 0 aliphatic heterocycles. The highest BCUT2D eigenvalue weighted by molar-refractivity contribution is 5.41. The van der Waals surface area contributed by atoms with Crippen LogP contribution in [0.3, 0.4) is 0 Å². The van der Waals surface area contributed by atoms with Crippen molar-refractivity contribution in [1.82, 2.24) is 5.32 Å². The van der Waals surface area contributed by atoms with Gasteiger partial charge in [-0.25, -0.2) is 0 Å². The van der Waals surface area contributed by atoms with Crippen LogP contribution in [0, 0.1) is 10.1 Å². The third-order valence-corrected chi connectivity index (χ3v) is 2.53. The van der Waals surface area contributed by atoms with Crippen LogP contribution in [0.15, 0.2) is 24.3 Å². The highest BCUT2D eigenvalue weighted by atomic mass is 16.6. The molecule has 6 nitrogen and oxygen atoms in total. The largest absolute Gasteiger partial charge is 0.395 e. The lowest BCUT2D eigenvalue weighted by Gasteiger charge is -2.20. The van der Waals surface area contributed by atoms with E-state index in [1.807, 2.05) is 0 Å². The minimum atomic E-state index is -0.482. The average Bonchev–Trinajstić information content (AvgIpc) is 2.35. The molecule has 17 heavy (non-hydrogen) atoms. The molecule has 0 bridgehead atoms. The third kappa shape index (κ3) is 3.48. The van der Waals surface area contributed by atoms with Gasteiger partial charge in [-0.05, 0) is 6.92 Å². The monoisotopic (exact) mass is 240 g/mol. The highest BCUT2D eigenvalue weighted by Gasteiger charge is 2.19. The summed E-state index contributed by atoms with van der Waals surface area (Å²) >= 11 is 0. The van der Waals surface area contributed by atoms with Crippen molar-refractivity contribution in [3.8, 4) is 0 Å². The molecule has 0 spiro atoms. The Morgan fingerprint density at radius 3 is 2.47 bits per heavy atom. The maximum absolute atomic E-state index is 10.8. The van der Waals surface area contributed by atoms with Gasteiger partial charge in [0, 0.05) is 17.7 Å². The second-order valence-corrected chi connectivity index (χ2v) is 3.77. The Labute approximate surface area is 99.0 Å². The molecule has 6 heteroatoms. The molecular weight excluding hydrogens is 224 g/mol. The Hall–Kier alpha value is -1.50. The summed E-state index contributed by atoms with van der Waals surface area (Å²) in [5.41, 5.74) is 0.562. The second kappa shape index (κ2) is 6.29. The van der Waals surface area contributed by atoms with E-state index in [1.54, 1.807) is 25.1 Å². The first-order valence-corrected chi connectivity index (χ1v) is 5.31. The number of para-hydroxylation sites is 1. The standard InChI is InChI=1S/C11H16N2O4/c1-8(12-9(6-14)7-15)10-4-2-3-5-11(10)13(16)17/h2-5,8-9,12,14-15H,6-7H2,1H3. The average molecular weight is 240 g/mol. The molecule has 0 aliphatic rings. The van der Waals surface area contributed by atoms with Gasteiger partial charge >= 0.3 is 0 Å². The number of hydrogen-bond donors (Lipinski definition) is 3. The van der Waals surface area contributed by atoms with Crippen LogP contribution in [0.1, 0.15) is 18.5 Å². The van der Waals surface area contributed by atoms with Gasteiger partial charge in [0.05, 0.1) is 24.2 Å². The number of nitrogens with zero attached hydrogens (tertiary/aromatic N) is 1. The number of nitrogens with one attached hydrogen (secondary N) is 1. The number of benzene rings is 1. The van der Waals surface area contributed by atoms with Crippen molar-refractivity contribution in [3.05, 3.63) is 39.9 Å². The lowest BCUT2D eigenvalue weighted by molar-refractivity contribution is -0.385. The van der Waals surface area contributed by atoms with E-state index >= 15 is 0 Å². The Balaban J connectivity index is 2.88. The summed E-state index contributed by atoms with van der Waals surface area (Å²) in [6.07, 6.45) is 0. The van der Waals surface area contributed by atoms with Crippen molar-refractivity contribution >= 4 is 5.69 Å². The van der Waals surface area contributed by atoms with Crippen molar-refractivity contribution in [3.63, 3.8) is 0 Å². The first-order valence-electron chi connectivity index (χ1n) is 5.31. The molecule has 0 aliphatic carbocycles. The molecule has 1 aromatic carbocycles. The quantitative estimate of drug-likeness (QED) is 0.500. The highest BCUT2D eigenvalue weighted by Crippen LogP contribution is 2.24. The Morgan fingerprint density at radius 2 is 1.94 bits per heavy atom. The van der Waals surface area contributed by atoms with Gasteiger partial charge in [-0.2, -0.15) is 0 Å². The van der Waals surface area contributed by atoms with Crippen LogP contribution in [0.25, 0.3) is 0 Å². The molecule has 94 valence electrons. The van der Waals surface area contributed by atoms with Crippen molar-refractivity contribution < 1.29 is 15.1 Å². The first-order chi connectivity index (χ1) is 8.10. The van der Waals surface area contributed by atoms with Gasteiger partial charge in [-0.3, -0.25) is 10.1 Å². The molecule has 3 N–H and O–H groups in total. The molecule has 0 saturated carbocycles. The van der Waals surface area contributed by atoms with Crippen LogP contribution in [0.4, 0.5) is 5.69 Å². The van der Waals surface area contributed by atoms with Crippen LogP contribution in [0.2, 0.25) is 0 Å². The molecule has 0 aromatic heterocycles. The summed E-state index contributed by atoms with van der Waals surface area (Å²) in [4.78, 5) is 10.4. The molecular formula is C11H16N2O4. The summed E-state index contributed by atoms with van der Waals surface area (Å²) in [7, 11) is 0. The van der Waals surface area contributed by atoms with Gasteiger partial charge in [0.1, 0.15) is 0 Å². The Kier molecular flexibility index (Phi) is 5.02. The van der Waals surface area contributed by atoms with E-state index < -0.39 is 11.0 Å². The van der Waals surface area contributed by atoms with Crippen LogP contribution in [-0.2, 0) is 0 Å². The lowest BCUT2D eigenvalue weighted by atomic mass is 10.1. The van der Waals surface area contributed by atoms with Crippen molar-refractivity contribution in [2.75, 3.05) is 13.2 Å². The van der Waals surface area contributed by atoms with E-state index in [-0.39, 0.29) is 24.9 Å². The maximum Gasteiger partial charge on any atom is 0.274 e. The zero-order valence-electron chi connectivity index (χ0n) is 9.54. The van der Waals surface area contributed by atoms with E-state index in [0.29, 0.717) is 5.56 Å². The number of aliphatic hydroxyl groups excluding tert-OH is 2. The summed E-state index contributed by atoms with van der Waals surface area (Å²) in [6, 6.07) is 5.60. The smallest absolute Gasteiger partial charge is 0.274 e. The molecule has 0 heterocycles. The van der Waals surface area contributed by atoms with Crippen molar-refractivity contribution in [2.24, 2.45) is 0 Å². The fourth-order valence-corrected chi connectivity index (χ4v) is 1.63. The van der Waals surface area contributed by atoms with E-state index in [2.05, 4.69) is 5.32 Å². The van der Waals surface area contributed by atoms with Crippen molar-refractivity contribution in [1.29, 1.82) is 0 Å². The third-order valence-electron chi connectivity index (χ3n) is 2.53. The molecule has 0 radical (unpaired) electrons. The minimum Gasteiger partial charge on any atom is -0.395 e. The molecule has 0 saturated heterocycles. The van der Waals surface area contributed by atoms with E-state index in [1.165, 1.54) is 6.07 Å². The minimum absolute atomic E-state index is 0.0297. The lowest BCUT2D eigenvalue weighted by Crippen LogP contribution is -2.37. The number of rotatable bonds is 6. The molecule has 0 fully saturated rings. The summed E-state index contributed by atoms with van der Waals surface area (Å²) in [6.45, 7) is 1.31. The topological polar surface area (TPSA) is 95.6 Å². The van der Waals surface area contributed by atoms with E-state index in [0.717, 1.165) is 0 Å². The predicted molar refractivity (Wildman–Crippen MR) is 62.6 cm³/mol. The first kappa shape index (κ1) is 13.6. The van der Waals surface area contributed by atoms with E-state index in [4.69, 9.17) is 10.2 Å². The summed E-state index contributed by atoms with van der Waals surface area (Å²) < 4.78 is 0. The molecule has 1 aromatic rings. The van der Waals surface area contributed by atoms with Gasteiger partial charge < -0.3 is 15.5 Å². The van der Waals surface area contributed by atoms with Crippen LogP contribution in [0.5, 0.6) is 0 Å². The summed E-state index contributed by atoms with van der Waals surface area (Å²) in [5.74, 6) is 0. The van der Waals surface area contributed by atoms with Gasteiger partial charge in [-0.1, -0.05) is 18.2 Å². The van der Waals surface area contributed by atoms with Gasteiger partial charge in [0.15, 0.2) is 0 Å². The normalized spacial score (nSPS) is 12.7. The second-order valence-electron chi connectivity index (χ2n) is 3.77. The maximum atomic E-state index is 10.8. The number of nitro benzene ring substituents is 1. The van der Waals surface area contributed by atoms with Gasteiger partial charge in [-0.15, -0.1) is 0 Å². The fourth-order valence-electron chi connectivity index (χ4n) is 1.63. The Bertz CT molecular complexity index is 379. The van der Waals surface area contributed by atoms with Crippen molar-refractivity contribution in [2.45, 2.75) is 19.0 Å². The number of aliphatic hydroxyl groups is 2. The van der Waals surface area contributed by atoms with E-state index in [9.17, 15) is 10.1 Å².